The first-order chi connectivity index (χ1) is 18.0. The van der Waals surface area contributed by atoms with E-state index < -0.39 is 18.2 Å². The molecule has 3 rings (SSSR count). The standard InChI is InChI=1S/C29H28N2O6/c1-2-35-27(32)19-18-26(20-23-12-6-3-7-13-23)31(29(34)37-22-25-16-10-5-11-17-25)30-28(33)36-21-24-14-8-4-9-15-24/h3-20H,2,21-22H2,1H3,(H,30,33)/b19-18+,26-20-. The zero-order valence-corrected chi connectivity index (χ0v) is 20.4. The van der Waals surface area contributed by atoms with Gasteiger partial charge >= 0.3 is 18.2 Å². The summed E-state index contributed by atoms with van der Waals surface area (Å²) in [6.07, 6.45) is 2.36. The number of rotatable bonds is 9. The van der Waals surface area contributed by atoms with Crippen LogP contribution >= 0.6 is 0 Å². The lowest BCUT2D eigenvalue weighted by molar-refractivity contribution is -0.137. The number of carbonyl (C=O) groups excluding carboxylic acids is 3. The molecule has 190 valence electrons. The van der Waals surface area contributed by atoms with Crippen molar-refractivity contribution in [3.8, 4) is 0 Å². The topological polar surface area (TPSA) is 94.2 Å². The zero-order chi connectivity index (χ0) is 26.3. The molecule has 1 N–H and O–H groups in total. The fourth-order valence-electron chi connectivity index (χ4n) is 3.10. The second kappa shape index (κ2) is 14.5. The molecular formula is C29H28N2O6. The van der Waals surface area contributed by atoms with E-state index in [0.717, 1.165) is 22.2 Å². The number of carbonyl (C=O) groups is 3. The van der Waals surface area contributed by atoms with Crippen molar-refractivity contribution in [3.63, 3.8) is 0 Å². The third-order valence-electron chi connectivity index (χ3n) is 4.85. The minimum atomic E-state index is -0.885. The lowest BCUT2D eigenvalue weighted by atomic mass is 10.2. The first kappa shape index (κ1) is 26.7. The van der Waals surface area contributed by atoms with Gasteiger partial charge in [0.25, 0.3) is 0 Å². The Bertz CT molecular complexity index is 1210. The largest absolute Gasteiger partial charge is 0.463 e. The molecule has 0 atom stereocenters. The number of hydrazine groups is 1. The van der Waals surface area contributed by atoms with E-state index in [1.165, 1.54) is 6.08 Å². The minimum absolute atomic E-state index is 0.00399. The summed E-state index contributed by atoms with van der Waals surface area (Å²) in [6.45, 7) is 1.84. The molecule has 0 aliphatic rings. The Balaban J connectivity index is 1.86. The maximum Gasteiger partial charge on any atom is 0.433 e. The summed E-state index contributed by atoms with van der Waals surface area (Å²) in [5, 5.41) is 0.888. The summed E-state index contributed by atoms with van der Waals surface area (Å²) in [7, 11) is 0. The van der Waals surface area contributed by atoms with E-state index in [1.807, 2.05) is 66.7 Å². The third kappa shape index (κ3) is 9.37. The van der Waals surface area contributed by atoms with E-state index in [1.54, 1.807) is 37.3 Å². The highest BCUT2D eigenvalue weighted by Crippen LogP contribution is 2.14. The number of esters is 1. The van der Waals surface area contributed by atoms with Gasteiger partial charge in [-0.15, -0.1) is 0 Å². The maximum absolute atomic E-state index is 13.2. The number of benzene rings is 3. The van der Waals surface area contributed by atoms with Crippen molar-refractivity contribution in [3.05, 3.63) is 126 Å². The van der Waals surface area contributed by atoms with Crippen LogP contribution in [-0.2, 0) is 32.2 Å². The second-order valence-electron chi connectivity index (χ2n) is 7.61. The van der Waals surface area contributed by atoms with E-state index >= 15 is 0 Å². The minimum Gasteiger partial charge on any atom is -0.463 e. The summed E-state index contributed by atoms with van der Waals surface area (Å²) in [4.78, 5) is 37.8. The number of nitrogens with zero attached hydrogens (tertiary/aromatic N) is 1. The van der Waals surface area contributed by atoms with Gasteiger partial charge in [-0.25, -0.2) is 19.8 Å². The highest BCUT2D eigenvalue weighted by molar-refractivity contribution is 5.84. The van der Waals surface area contributed by atoms with Crippen molar-refractivity contribution in [1.29, 1.82) is 0 Å². The molecule has 0 aliphatic carbocycles. The van der Waals surface area contributed by atoms with Crippen LogP contribution in [0.3, 0.4) is 0 Å². The van der Waals surface area contributed by atoms with E-state index in [0.29, 0.717) is 5.56 Å². The van der Waals surface area contributed by atoms with Crippen molar-refractivity contribution < 1.29 is 28.6 Å². The van der Waals surface area contributed by atoms with E-state index in [9.17, 15) is 14.4 Å². The fourth-order valence-corrected chi connectivity index (χ4v) is 3.10. The molecular weight excluding hydrogens is 472 g/mol. The van der Waals surface area contributed by atoms with Gasteiger partial charge in [0, 0.05) is 6.08 Å². The summed E-state index contributed by atoms with van der Waals surface area (Å²) >= 11 is 0. The van der Waals surface area contributed by atoms with Crippen LogP contribution in [0.1, 0.15) is 23.6 Å². The summed E-state index contributed by atoms with van der Waals surface area (Å²) in [5.74, 6) is -0.606. The molecule has 0 unspecified atom stereocenters. The Hall–Kier alpha value is -4.85. The zero-order valence-electron chi connectivity index (χ0n) is 20.4. The normalized spacial score (nSPS) is 11.0. The predicted molar refractivity (Wildman–Crippen MR) is 138 cm³/mol. The molecule has 2 amide bonds. The molecule has 0 aliphatic heterocycles. The van der Waals surface area contributed by atoms with Crippen molar-refractivity contribution in [2.24, 2.45) is 0 Å². The molecule has 0 saturated carbocycles. The highest BCUT2D eigenvalue weighted by atomic mass is 16.6. The fraction of sp³-hybridized carbons (Fsp3) is 0.138. The van der Waals surface area contributed by atoms with Crippen molar-refractivity contribution >= 4 is 24.2 Å². The van der Waals surface area contributed by atoms with Gasteiger partial charge in [-0.05, 0) is 35.8 Å². The quantitative estimate of drug-likeness (QED) is 0.135. The Morgan fingerprint density at radius 2 is 1.27 bits per heavy atom. The van der Waals surface area contributed by atoms with Crippen LogP contribution in [0.15, 0.2) is 109 Å². The molecule has 8 nitrogen and oxygen atoms in total. The van der Waals surface area contributed by atoms with Crippen molar-refractivity contribution in [1.82, 2.24) is 10.4 Å². The Kier molecular flexibility index (Phi) is 10.5. The van der Waals surface area contributed by atoms with E-state index in [4.69, 9.17) is 14.2 Å². The van der Waals surface area contributed by atoms with Crippen LogP contribution in [0, 0.1) is 0 Å². The molecule has 0 spiro atoms. The molecule has 3 aromatic carbocycles. The molecule has 0 saturated heterocycles. The van der Waals surface area contributed by atoms with Crippen LogP contribution < -0.4 is 5.43 Å². The molecule has 3 aromatic rings. The third-order valence-corrected chi connectivity index (χ3v) is 4.85. The first-order valence-corrected chi connectivity index (χ1v) is 11.6. The number of hydrogen-bond acceptors (Lipinski definition) is 6. The average Bonchev–Trinajstić information content (AvgIpc) is 2.93. The van der Waals surface area contributed by atoms with Gasteiger partial charge in [0.05, 0.1) is 12.3 Å². The monoisotopic (exact) mass is 500 g/mol. The number of nitrogens with one attached hydrogen (secondary N) is 1. The lowest BCUT2D eigenvalue weighted by Gasteiger charge is -2.23. The van der Waals surface area contributed by atoms with Gasteiger partial charge in [-0.2, -0.15) is 5.01 Å². The second-order valence-corrected chi connectivity index (χ2v) is 7.61. The number of allylic oxidation sites excluding steroid dienone is 1. The number of hydrogen-bond donors (Lipinski definition) is 1. The smallest absolute Gasteiger partial charge is 0.433 e. The van der Waals surface area contributed by atoms with Gasteiger partial charge in [0.1, 0.15) is 13.2 Å². The predicted octanol–water partition coefficient (Wildman–Crippen LogP) is 5.63. The van der Waals surface area contributed by atoms with E-state index in [-0.39, 0.29) is 25.5 Å². The van der Waals surface area contributed by atoms with Gasteiger partial charge in [0.2, 0.25) is 0 Å². The van der Waals surface area contributed by atoms with E-state index in [2.05, 4.69) is 5.43 Å². The molecule has 0 bridgehead atoms. The Morgan fingerprint density at radius 1 is 0.730 bits per heavy atom. The van der Waals surface area contributed by atoms with Crippen molar-refractivity contribution in [2.75, 3.05) is 6.61 Å². The Labute approximate surface area is 215 Å². The highest BCUT2D eigenvalue weighted by Gasteiger charge is 2.22. The van der Waals surface area contributed by atoms with Crippen molar-refractivity contribution in [2.45, 2.75) is 20.1 Å². The molecule has 0 heterocycles. The molecule has 0 fully saturated rings. The molecule has 8 heteroatoms. The van der Waals surface area contributed by atoms with Crippen LogP contribution in [0.25, 0.3) is 6.08 Å². The van der Waals surface area contributed by atoms with Gasteiger partial charge in [-0.1, -0.05) is 91.0 Å². The van der Waals surface area contributed by atoms with Gasteiger partial charge in [-0.3, -0.25) is 0 Å². The lowest BCUT2D eigenvalue weighted by Crippen LogP contribution is -2.45. The van der Waals surface area contributed by atoms with Crippen LogP contribution in [0.4, 0.5) is 9.59 Å². The SMILES string of the molecule is CCOC(=O)/C=C/C(=C/c1ccccc1)N(NC(=O)OCc1ccccc1)C(=O)OCc1ccccc1. The van der Waals surface area contributed by atoms with Crippen LogP contribution in [0.5, 0.6) is 0 Å². The van der Waals surface area contributed by atoms with Gasteiger partial charge in [0.15, 0.2) is 0 Å². The summed E-state index contributed by atoms with van der Waals surface area (Å²) in [5.41, 5.74) is 4.82. The average molecular weight is 501 g/mol. The summed E-state index contributed by atoms with van der Waals surface area (Å²) in [6, 6.07) is 27.3. The van der Waals surface area contributed by atoms with Gasteiger partial charge < -0.3 is 14.2 Å². The Morgan fingerprint density at radius 3 is 1.84 bits per heavy atom. The molecule has 0 aromatic heterocycles. The van der Waals surface area contributed by atoms with Crippen LogP contribution in [-0.4, -0.2) is 29.8 Å². The molecule has 0 radical (unpaired) electrons. The number of amides is 2. The maximum atomic E-state index is 13.2. The molecule has 37 heavy (non-hydrogen) atoms. The van der Waals surface area contributed by atoms with Crippen LogP contribution in [0.2, 0.25) is 0 Å². The summed E-state index contributed by atoms with van der Waals surface area (Å²) < 4.78 is 15.7. The first-order valence-electron chi connectivity index (χ1n) is 11.6. The number of ether oxygens (including phenoxy) is 3.